The molecule has 0 N–H and O–H groups in total. The van der Waals surface area contributed by atoms with Crippen molar-refractivity contribution in [2.24, 2.45) is 0 Å². The SMILES string of the molecule is CC(=O)OC[C@H](COc1c(Cl)cc(C(C)(C)/C(C)=C/C=C(\C)OC[C@@H](CCl)OC(C)=O)cc1Cl)OC(C)=O. The summed E-state index contributed by atoms with van der Waals surface area (Å²) in [7, 11) is 0. The van der Waals surface area contributed by atoms with Crippen LogP contribution in [0.2, 0.25) is 10.0 Å². The zero-order valence-electron chi connectivity index (χ0n) is 22.7. The van der Waals surface area contributed by atoms with Gasteiger partial charge in [0.05, 0.1) is 21.7 Å². The quantitative estimate of drug-likeness (QED) is 0.0829. The smallest absolute Gasteiger partial charge is 0.303 e. The van der Waals surface area contributed by atoms with Crippen molar-refractivity contribution in [3.05, 3.63) is 51.2 Å². The number of benzene rings is 1. The van der Waals surface area contributed by atoms with Crippen LogP contribution >= 0.6 is 34.8 Å². The third-order valence-electron chi connectivity index (χ3n) is 5.49. The van der Waals surface area contributed by atoms with Crippen LogP contribution in [0.5, 0.6) is 5.75 Å². The lowest BCUT2D eigenvalue weighted by molar-refractivity contribution is -0.158. The Bertz CT molecular complexity index is 1030. The Morgan fingerprint density at radius 1 is 0.816 bits per heavy atom. The number of carbonyl (C=O) groups is 3. The Morgan fingerprint density at radius 3 is 1.84 bits per heavy atom. The molecule has 1 aromatic rings. The number of ether oxygens (including phenoxy) is 5. The van der Waals surface area contributed by atoms with Crippen molar-refractivity contribution in [2.45, 2.75) is 66.1 Å². The second kappa shape index (κ2) is 15.9. The van der Waals surface area contributed by atoms with Crippen LogP contribution in [0.4, 0.5) is 0 Å². The molecule has 0 heterocycles. The topological polar surface area (TPSA) is 97.4 Å². The molecule has 0 spiro atoms. The minimum absolute atomic E-state index is 0.111. The third-order valence-corrected chi connectivity index (χ3v) is 6.40. The second-order valence-electron chi connectivity index (χ2n) is 9.06. The van der Waals surface area contributed by atoms with Crippen molar-refractivity contribution in [3.8, 4) is 5.75 Å². The first kappa shape index (κ1) is 33.6. The van der Waals surface area contributed by atoms with Crippen LogP contribution in [0, 0.1) is 0 Å². The van der Waals surface area contributed by atoms with Gasteiger partial charge >= 0.3 is 17.9 Å². The Labute approximate surface area is 239 Å². The van der Waals surface area contributed by atoms with E-state index in [1.165, 1.54) is 20.8 Å². The molecule has 0 aliphatic heterocycles. The summed E-state index contributed by atoms with van der Waals surface area (Å²) in [5.74, 6) is -0.490. The van der Waals surface area contributed by atoms with Gasteiger partial charge in [0.25, 0.3) is 0 Å². The van der Waals surface area contributed by atoms with E-state index in [-0.39, 0.29) is 41.5 Å². The van der Waals surface area contributed by atoms with E-state index < -0.39 is 35.5 Å². The van der Waals surface area contributed by atoms with Crippen LogP contribution in [-0.2, 0) is 38.7 Å². The molecule has 0 radical (unpaired) electrons. The van der Waals surface area contributed by atoms with Crippen molar-refractivity contribution in [1.29, 1.82) is 0 Å². The van der Waals surface area contributed by atoms with E-state index in [1.54, 1.807) is 19.1 Å². The maximum atomic E-state index is 11.4. The highest BCUT2D eigenvalue weighted by atomic mass is 35.5. The molecular formula is C27H35Cl3O8. The predicted octanol–water partition coefficient (Wildman–Crippen LogP) is 6.18. The average Bonchev–Trinajstić information content (AvgIpc) is 2.81. The predicted molar refractivity (Wildman–Crippen MR) is 147 cm³/mol. The fourth-order valence-electron chi connectivity index (χ4n) is 3.09. The van der Waals surface area contributed by atoms with Crippen LogP contribution < -0.4 is 4.74 Å². The molecule has 1 aromatic carbocycles. The van der Waals surface area contributed by atoms with E-state index in [2.05, 4.69) is 0 Å². The largest absolute Gasteiger partial charge is 0.494 e. The molecule has 0 aromatic heterocycles. The monoisotopic (exact) mass is 592 g/mol. The van der Waals surface area contributed by atoms with Crippen molar-refractivity contribution in [2.75, 3.05) is 25.7 Å². The fraction of sp³-hybridized carbons (Fsp3) is 0.519. The molecule has 0 bridgehead atoms. The van der Waals surface area contributed by atoms with Gasteiger partial charge in [-0.05, 0) is 37.6 Å². The molecule has 0 saturated carbocycles. The first-order valence-corrected chi connectivity index (χ1v) is 13.1. The first-order chi connectivity index (χ1) is 17.7. The van der Waals surface area contributed by atoms with Crippen molar-refractivity contribution < 1.29 is 38.1 Å². The van der Waals surface area contributed by atoms with Crippen LogP contribution in [0.25, 0.3) is 0 Å². The van der Waals surface area contributed by atoms with E-state index >= 15 is 0 Å². The van der Waals surface area contributed by atoms with E-state index in [0.29, 0.717) is 5.76 Å². The van der Waals surface area contributed by atoms with Gasteiger partial charge in [-0.15, -0.1) is 11.6 Å². The summed E-state index contributed by atoms with van der Waals surface area (Å²) >= 11 is 18.8. The van der Waals surface area contributed by atoms with E-state index in [1.807, 2.05) is 32.9 Å². The molecule has 0 unspecified atom stereocenters. The van der Waals surface area contributed by atoms with Crippen molar-refractivity contribution >= 4 is 52.7 Å². The summed E-state index contributed by atoms with van der Waals surface area (Å²) in [4.78, 5) is 33.6. The van der Waals surface area contributed by atoms with Crippen molar-refractivity contribution in [1.82, 2.24) is 0 Å². The second-order valence-corrected chi connectivity index (χ2v) is 10.2. The summed E-state index contributed by atoms with van der Waals surface area (Å²) in [6.45, 7) is 11.5. The standard InChI is InChI=1S/C27H35Cl3O8/c1-16(8-9-17(2)34-13-22(12-28)37-19(4)32)27(6,7)21-10-24(29)26(25(30)11-21)36-15-23(38-20(5)33)14-35-18(3)31/h8-11,22-23H,12-15H2,1-7H3/b16-8+,17-9+/t22-,23-/m1/s1. The lowest BCUT2D eigenvalue weighted by atomic mass is 9.78. The number of halogens is 3. The van der Waals surface area contributed by atoms with Gasteiger partial charge in [-0.1, -0.05) is 48.7 Å². The van der Waals surface area contributed by atoms with Gasteiger partial charge in [0.1, 0.15) is 25.9 Å². The lowest BCUT2D eigenvalue weighted by Crippen LogP contribution is -2.30. The Balaban J connectivity index is 2.99. The number of esters is 3. The Kier molecular flexibility index (Phi) is 14.0. The molecular weight excluding hydrogens is 559 g/mol. The summed E-state index contributed by atoms with van der Waals surface area (Å²) in [6.07, 6.45) is 2.38. The summed E-state index contributed by atoms with van der Waals surface area (Å²) < 4.78 is 26.5. The third kappa shape index (κ3) is 11.5. The first-order valence-electron chi connectivity index (χ1n) is 11.8. The molecule has 0 aliphatic carbocycles. The van der Waals surface area contributed by atoms with Gasteiger partial charge in [0.15, 0.2) is 11.9 Å². The molecule has 8 nitrogen and oxygen atoms in total. The normalized spacial score (nSPS) is 13.8. The van der Waals surface area contributed by atoms with Crippen LogP contribution in [0.15, 0.2) is 35.6 Å². The molecule has 0 saturated heterocycles. The number of hydrogen-bond acceptors (Lipinski definition) is 8. The summed E-state index contributed by atoms with van der Waals surface area (Å²) in [5, 5.41) is 0.546. The zero-order chi connectivity index (χ0) is 29.0. The summed E-state index contributed by atoms with van der Waals surface area (Å²) in [6, 6.07) is 3.51. The highest BCUT2D eigenvalue weighted by Crippen LogP contribution is 2.40. The number of rotatable bonds is 14. The number of hydrogen-bond donors (Lipinski definition) is 0. The van der Waals surface area contributed by atoms with Gasteiger partial charge in [-0.2, -0.15) is 0 Å². The molecule has 0 fully saturated rings. The zero-order valence-corrected chi connectivity index (χ0v) is 25.0. The molecule has 2 atom stereocenters. The van der Waals surface area contributed by atoms with Crippen LogP contribution in [-0.4, -0.2) is 55.8 Å². The van der Waals surface area contributed by atoms with Gasteiger partial charge in [0.2, 0.25) is 0 Å². The van der Waals surface area contributed by atoms with Gasteiger partial charge < -0.3 is 23.7 Å². The van der Waals surface area contributed by atoms with Crippen molar-refractivity contribution in [3.63, 3.8) is 0 Å². The summed E-state index contributed by atoms with van der Waals surface area (Å²) in [5.41, 5.74) is 1.37. The van der Waals surface area contributed by atoms with E-state index in [0.717, 1.165) is 11.1 Å². The molecule has 11 heteroatoms. The average molecular weight is 594 g/mol. The van der Waals surface area contributed by atoms with Gasteiger partial charge in [0, 0.05) is 26.2 Å². The number of alkyl halides is 1. The molecule has 1 rings (SSSR count). The molecule has 0 aliphatic rings. The maximum Gasteiger partial charge on any atom is 0.303 e. The minimum Gasteiger partial charge on any atom is -0.494 e. The van der Waals surface area contributed by atoms with Crippen LogP contribution in [0.1, 0.15) is 54.0 Å². The van der Waals surface area contributed by atoms with Gasteiger partial charge in [-0.25, -0.2) is 0 Å². The highest BCUT2D eigenvalue weighted by molar-refractivity contribution is 6.37. The number of allylic oxidation sites excluding steroid dienone is 4. The molecule has 212 valence electrons. The fourth-order valence-corrected chi connectivity index (χ4v) is 3.84. The van der Waals surface area contributed by atoms with Crippen LogP contribution in [0.3, 0.4) is 0 Å². The maximum absolute atomic E-state index is 11.4. The van der Waals surface area contributed by atoms with E-state index in [4.69, 9.17) is 58.5 Å². The van der Waals surface area contributed by atoms with Gasteiger partial charge in [-0.3, -0.25) is 14.4 Å². The highest BCUT2D eigenvalue weighted by Gasteiger charge is 2.26. The Hall–Kier alpha value is -2.42. The molecule has 0 amide bonds. The minimum atomic E-state index is -0.823. The lowest BCUT2D eigenvalue weighted by Gasteiger charge is -2.28. The van der Waals surface area contributed by atoms with E-state index in [9.17, 15) is 14.4 Å². The molecule has 38 heavy (non-hydrogen) atoms. The Morgan fingerprint density at radius 2 is 1.34 bits per heavy atom. The number of carbonyl (C=O) groups excluding carboxylic acids is 3.